The average Bonchev–Trinajstić information content (AvgIpc) is 2.72. The van der Waals surface area contributed by atoms with Gasteiger partial charge in [-0.15, -0.1) is 4.83 Å². The zero-order valence-corrected chi connectivity index (χ0v) is 18.6. The molecule has 1 amide bonds. The molecule has 0 unspecified atom stereocenters. The van der Waals surface area contributed by atoms with Crippen LogP contribution >= 0.6 is 11.6 Å². The fraction of sp³-hybridized carbons (Fsp3) is 0.0500. The van der Waals surface area contributed by atoms with E-state index in [9.17, 15) is 21.6 Å². The molecular weight excluding hydrogens is 462 g/mol. The normalized spacial score (nSPS) is 11.7. The summed E-state index contributed by atoms with van der Waals surface area (Å²) >= 11 is 6.03. The molecule has 0 fully saturated rings. The van der Waals surface area contributed by atoms with E-state index < -0.39 is 26.0 Å². The summed E-state index contributed by atoms with van der Waals surface area (Å²) in [6.45, 7) is 1.63. The van der Waals surface area contributed by atoms with Crippen molar-refractivity contribution < 1.29 is 21.6 Å². The molecule has 0 saturated carbocycles. The third-order valence-corrected chi connectivity index (χ3v) is 7.46. The molecule has 31 heavy (non-hydrogen) atoms. The Bertz CT molecular complexity index is 1290. The van der Waals surface area contributed by atoms with Gasteiger partial charge < -0.3 is 0 Å². The van der Waals surface area contributed by atoms with E-state index in [0.717, 1.165) is 0 Å². The highest BCUT2D eigenvalue weighted by Gasteiger charge is 2.21. The minimum Gasteiger partial charge on any atom is -0.280 e. The minimum absolute atomic E-state index is 0.00470. The molecule has 0 aliphatic rings. The Labute approximate surface area is 185 Å². The number of amides is 1. The lowest BCUT2D eigenvalue weighted by molar-refractivity contribution is 0.0945. The van der Waals surface area contributed by atoms with Gasteiger partial charge in [-0.25, -0.2) is 16.8 Å². The zero-order chi connectivity index (χ0) is 22.6. The molecule has 0 aromatic heterocycles. The van der Waals surface area contributed by atoms with Gasteiger partial charge in [0.2, 0.25) is 0 Å². The van der Waals surface area contributed by atoms with Crippen molar-refractivity contribution in [2.24, 2.45) is 0 Å². The Morgan fingerprint density at radius 1 is 0.806 bits per heavy atom. The van der Waals surface area contributed by atoms with E-state index in [1.54, 1.807) is 37.3 Å². The lowest BCUT2D eigenvalue weighted by atomic mass is 10.2. The summed E-state index contributed by atoms with van der Waals surface area (Å²) in [5.74, 6) is -0.712. The van der Waals surface area contributed by atoms with Gasteiger partial charge in [0.25, 0.3) is 26.0 Å². The smallest absolute Gasteiger partial charge is 0.266 e. The van der Waals surface area contributed by atoms with Gasteiger partial charge in [0, 0.05) is 11.3 Å². The second-order valence-corrected chi connectivity index (χ2v) is 10.2. The van der Waals surface area contributed by atoms with E-state index in [4.69, 9.17) is 11.6 Å². The first-order valence-corrected chi connectivity index (χ1v) is 12.2. The van der Waals surface area contributed by atoms with E-state index in [-0.39, 0.29) is 26.1 Å². The molecule has 0 aliphatic carbocycles. The maximum Gasteiger partial charge on any atom is 0.266 e. The molecule has 11 heteroatoms. The predicted molar refractivity (Wildman–Crippen MR) is 118 cm³/mol. The fourth-order valence-electron chi connectivity index (χ4n) is 2.70. The van der Waals surface area contributed by atoms with Crippen LogP contribution in [0, 0.1) is 6.92 Å². The average molecular weight is 480 g/mol. The van der Waals surface area contributed by atoms with Gasteiger partial charge in [-0.2, -0.15) is 0 Å². The number of benzene rings is 3. The fourth-order valence-corrected chi connectivity index (χ4v) is 5.45. The predicted octanol–water partition coefficient (Wildman–Crippen LogP) is 3.07. The molecule has 0 radical (unpaired) electrons. The summed E-state index contributed by atoms with van der Waals surface area (Å²) in [6.07, 6.45) is 0. The Morgan fingerprint density at radius 2 is 1.45 bits per heavy atom. The van der Waals surface area contributed by atoms with Crippen LogP contribution in [0.3, 0.4) is 0 Å². The van der Waals surface area contributed by atoms with E-state index in [1.807, 2.05) is 4.83 Å². The van der Waals surface area contributed by atoms with Crippen LogP contribution < -0.4 is 15.0 Å². The van der Waals surface area contributed by atoms with E-state index in [1.165, 1.54) is 42.5 Å². The summed E-state index contributed by atoms with van der Waals surface area (Å²) in [4.78, 5) is 14.2. The molecule has 0 aliphatic heterocycles. The number of aryl methyl sites for hydroxylation is 1. The quantitative estimate of drug-likeness (QED) is 0.449. The van der Waals surface area contributed by atoms with Crippen molar-refractivity contribution in [1.29, 1.82) is 0 Å². The van der Waals surface area contributed by atoms with Gasteiger partial charge >= 0.3 is 0 Å². The third kappa shape index (κ3) is 5.42. The highest BCUT2D eigenvalue weighted by atomic mass is 35.5. The molecule has 3 rings (SSSR count). The molecule has 162 valence electrons. The van der Waals surface area contributed by atoms with Gasteiger partial charge in [0.15, 0.2) is 0 Å². The van der Waals surface area contributed by atoms with Crippen molar-refractivity contribution in [2.75, 3.05) is 4.72 Å². The maximum atomic E-state index is 12.7. The largest absolute Gasteiger partial charge is 0.280 e. The number of halogens is 1. The number of hydrogen-bond donors (Lipinski definition) is 3. The van der Waals surface area contributed by atoms with E-state index in [0.29, 0.717) is 5.56 Å². The van der Waals surface area contributed by atoms with E-state index >= 15 is 0 Å². The molecule has 3 aromatic carbocycles. The standard InChI is InChI=1S/C20H18ClN3O5S2/c1-14-6-5-9-18(21)19(14)31(28,29)23-16-12-10-15(11-13-16)20(25)22-24-30(26,27)17-7-3-2-4-8-17/h2-13,23-24H,1H3,(H,22,25). The lowest BCUT2D eigenvalue weighted by Gasteiger charge is -2.12. The topological polar surface area (TPSA) is 121 Å². The van der Waals surface area contributed by atoms with Gasteiger partial charge in [0.05, 0.1) is 9.92 Å². The van der Waals surface area contributed by atoms with Crippen molar-refractivity contribution in [3.63, 3.8) is 0 Å². The number of hydrazine groups is 1. The number of carbonyl (C=O) groups excluding carboxylic acids is 1. The summed E-state index contributed by atoms with van der Waals surface area (Å²) in [5, 5.41) is 0.0918. The van der Waals surface area contributed by atoms with Crippen molar-refractivity contribution in [1.82, 2.24) is 10.3 Å². The van der Waals surface area contributed by atoms with Crippen LogP contribution in [0.5, 0.6) is 0 Å². The molecule has 0 atom stereocenters. The SMILES string of the molecule is Cc1cccc(Cl)c1S(=O)(=O)Nc1ccc(C(=O)NNS(=O)(=O)c2ccccc2)cc1. The van der Waals surface area contributed by atoms with Crippen LogP contribution in [0.4, 0.5) is 5.69 Å². The third-order valence-electron chi connectivity index (χ3n) is 4.18. The van der Waals surface area contributed by atoms with Gasteiger partial charge in [0.1, 0.15) is 4.90 Å². The van der Waals surface area contributed by atoms with Gasteiger partial charge in [-0.05, 0) is 55.0 Å². The molecule has 3 N–H and O–H groups in total. The molecule has 0 saturated heterocycles. The number of hydrogen-bond acceptors (Lipinski definition) is 5. The Morgan fingerprint density at radius 3 is 2.06 bits per heavy atom. The second kappa shape index (κ2) is 9.06. The Balaban J connectivity index is 1.69. The minimum atomic E-state index is -3.94. The highest BCUT2D eigenvalue weighted by Crippen LogP contribution is 2.26. The molecule has 8 nitrogen and oxygen atoms in total. The Kier molecular flexibility index (Phi) is 6.65. The van der Waals surface area contributed by atoms with Crippen LogP contribution in [0.1, 0.15) is 15.9 Å². The molecule has 0 bridgehead atoms. The van der Waals surface area contributed by atoms with Crippen molar-refractivity contribution in [3.8, 4) is 0 Å². The van der Waals surface area contributed by atoms with Crippen LogP contribution in [0.25, 0.3) is 0 Å². The highest BCUT2D eigenvalue weighted by molar-refractivity contribution is 7.93. The first kappa shape index (κ1) is 22.8. The lowest BCUT2D eigenvalue weighted by Crippen LogP contribution is -2.41. The van der Waals surface area contributed by atoms with Gasteiger partial charge in [-0.3, -0.25) is 14.9 Å². The van der Waals surface area contributed by atoms with Crippen LogP contribution in [-0.2, 0) is 20.0 Å². The number of nitrogens with one attached hydrogen (secondary N) is 3. The maximum absolute atomic E-state index is 12.7. The number of rotatable bonds is 7. The molecule has 0 heterocycles. The van der Waals surface area contributed by atoms with Crippen LogP contribution in [-0.4, -0.2) is 22.7 Å². The van der Waals surface area contributed by atoms with Gasteiger partial charge in [-0.1, -0.05) is 41.9 Å². The molecular formula is C20H18ClN3O5S2. The first-order valence-electron chi connectivity index (χ1n) is 8.85. The molecule has 0 spiro atoms. The van der Waals surface area contributed by atoms with Crippen molar-refractivity contribution in [2.45, 2.75) is 16.7 Å². The first-order chi connectivity index (χ1) is 14.6. The number of carbonyl (C=O) groups is 1. The monoisotopic (exact) mass is 479 g/mol. The van der Waals surface area contributed by atoms with Crippen molar-refractivity contribution >= 4 is 43.2 Å². The summed E-state index contributed by atoms with van der Waals surface area (Å²) in [5.41, 5.74) is 2.93. The van der Waals surface area contributed by atoms with Crippen LogP contribution in [0.2, 0.25) is 5.02 Å². The number of anilines is 1. The number of sulfonamides is 2. The van der Waals surface area contributed by atoms with E-state index in [2.05, 4.69) is 10.1 Å². The van der Waals surface area contributed by atoms with Crippen LogP contribution in [0.15, 0.2) is 82.6 Å². The Hall–Kier alpha value is -2.92. The second-order valence-electron chi connectivity index (χ2n) is 6.44. The van der Waals surface area contributed by atoms with Crippen molar-refractivity contribution in [3.05, 3.63) is 88.9 Å². The molecule has 3 aromatic rings. The zero-order valence-electron chi connectivity index (χ0n) is 16.2. The summed E-state index contributed by atoms with van der Waals surface area (Å²) in [6, 6.07) is 17.8. The summed E-state index contributed by atoms with van der Waals surface area (Å²) < 4.78 is 52.0. The summed E-state index contributed by atoms with van der Waals surface area (Å²) in [7, 11) is -7.86.